The molecule has 0 bridgehead atoms. The minimum Gasteiger partial charge on any atom is -0.454 e. The third-order valence-electron chi connectivity index (χ3n) is 11.6. The van der Waals surface area contributed by atoms with Gasteiger partial charge in [-0.25, -0.2) is 9.97 Å². The molecule has 0 radical (unpaired) electrons. The van der Waals surface area contributed by atoms with Crippen molar-refractivity contribution >= 4 is 65.6 Å². The first kappa shape index (κ1) is 32.4. The molecular weight excluding hydrogens is 707 g/mol. The SMILES string of the molecule is c1ccc(-c2ccc3c(c2)c2cc(-c4ccccc4)ccc2n3-c2cccc3c2oc2cc(-c4ccc5ccc6ccc(-c7ccccc7)nc6c5n4)ccc23)cc1. The summed E-state index contributed by atoms with van der Waals surface area (Å²) >= 11 is 0. The number of para-hydroxylation sites is 1. The van der Waals surface area contributed by atoms with Crippen LogP contribution in [0, 0.1) is 0 Å². The molecule has 4 nitrogen and oxygen atoms in total. The number of aromatic nitrogens is 3. The van der Waals surface area contributed by atoms with Crippen molar-refractivity contribution in [3.05, 3.63) is 200 Å². The number of benzene rings is 8. The van der Waals surface area contributed by atoms with Crippen molar-refractivity contribution in [3.63, 3.8) is 0 Å². The molecule has 0 saturated carbocycles. The molecule has 8 aromatic carbocycles. The lowest BCUT2D eigenvalue weighted by Gasteiger charge is -2.09. The van der Waals surface area contributed by atoms with E-state index < -0.39 is 0 Å². The van der Waals surface area contributed by atoms with Gasteiger partial charge in [0.15, 0.2) is 5.58 Å². The summed E-state index contributed by atoms with van der Waals surface area (Å²) < 4.78 is 9.28. The number of furan rings is 1. The van der Waals surface area contributed by atoms with E-state index in [1.54, 1.807) is 0 Å². The smallest absolute Gasteiger partial charge is 0.159 e. The monoisotopic (exact) mass is 739 g/mol. The van der Waals surface area contributed by atoms with Crippen LogP contribution in [0.5, 0.6) is 0 Å². The van der Waals surface area contributed by atoms with Crippen molar-refractivity contribution in [3.8, 4) is 50.5 Å². The van der Waals surface area contributed by atoms with Gasteiger partial charge in [0.25, 0.3) is 0 Å². The number of pyridine rings is 2. The predicted octanol–water partition coefficient (Wildman–Crippen LogP) is 14.4. The number of hydrogen-bond donors (Lipinski definition) is 0. The van der Waals surface area contributed by atoms with Crippen molar-refractivity contribution in [2.45, 2.75) is 0 Å². The van der Waals surface area contributed by atoms with Gasteiger partial charge in [0.1, 0.15) is 5.58 Å². The maximum absolute atomic E-state index is 6.91. The molecule has 0 aliphatic carbocycles. The molecule has 0 saturated heterocycles. The average molecular weight is 740 g/mol. The summed E-state index contributed by atoms with van der Waals surface area (Å²) in [4.78, 5) is 10.4. The summed E-state index contributed by atoms with van der Waals surface area (Å²) in [5, 5.41) is 6.66. The number of nitrogens with zero attached hydrogens (tertiary/aromatic N) is 3. The summed E-state index contributed by atoms with van der Waals surface area (Å²) in [7, 11) is 0. The lowest BCUT2D eigenvalue weighted by atomic mass is 10.0. The molecule has 0 N–H and O–H groups in total. The van der Waals surface area contributed by atoms with Crippen LogP contribution < -0.4 is 0 Å². The van der Waals surface area contributed by atoms with Crippen LogP contribution in [-0.2, 0) is 0 Å². The van der Waals surface area contributed by atoms with Gasteiger partial charge in [-0.2, -0.15) is 0 Å². The largest absolute Gasteiger partial charge is 0.454 e. The second-order valence-electron chi connectivity index (χ2n) is 15.0. The van der Waals surface area contributed by atoms with Crippen LogP contribution in [-0.4, -0.2) is 14.5 Å². The molecule has 0 atom stereocenters. The third-order valence-corrected chi connectivity index (χ3v) is 11.6. The quantitative estimate of drug-likeness (QED) is 0.165. The van der Waals surface area contributed by atoms with Crippen LogP contribution in [0.25, 0.3) is 116 Å². The number of hydrogen-bond acceptors (Lipinski definition) is 3. The molecule has 0 amide bonds. The standard InChI is InChI=1S/C54H33N3O/c1-4-11-34(12-5-1)39-24-29-48-44(31-39)45-32-40(35-13-6-2-7-14-35)25-30-49(45)57(48)50-18-10-17-43-42-26-21-41(33-51(42)58-54(43)50)47-28-23-38-20-19-37-22-27-46(36-15-8-3-9-16-36)55-52(37)53(38)56-47/h1-33H. The van der Waals surface area contributed by atoms with Crippen LogP contribution in [0.15, 0.2) is 205 Å². The topological polar surface area (TPSA) is 43.9 Å². The summed E-state index contributed by atoms with van der Waals surface area (Å²) in [6, 6.07) is 70.8. The molecule has 12 aromatic rings. The minimum absolute atomic E-state index is 0.822. The van der Waals surface area contributed by atoms with Crippen molar-refractivity contribution in [1.29, 1.82) is 0 Å². The molecule has 0 aliphatic heterocycles. The fraction of sp³-hybridized carbons (Fsp3) is 0. The first-order chi connectivity index (χ1) is 28.7. The zero-order valence-corrected chi connectivity index (χ0v) is 31.3. The molecular formula is C54H33N3O. The molecule has 0 unspecified atom stereocenters. The van der Waals surface area contributed by atoms with Gasteiger partial charge >= 0.3 is 0 Å². The maximum atomic E-state index is 6.91. The lowest BCUT2D eigenvalue weighted by Crippen LogP contribution is -1.94. The van der Waals surface area contributed by atoms with E-state index >= 15 is 0 Å². The Balaban J connectivity index is 1.02. The first-order valence-electron chi connectivity index (χ1n) is 19.6. The van der Waals surface area contributed by atoms with Crippen LogP contribution in [0.1, 0.15) is 0 Å². The van der Waals surface area contributed by atoms with Gasteiger partial charge in [0, 0.05) is 43.4 Å². The highest BCUT2D eigenvalue weighted by Crippen LogP contribution is 2.41. The van der Waals surface area contributed by atoms with Crippen LogP contribution >= 0.6 is 0 Å². The molecule has 0 aliphatic rings. The zero-order valence-electron chi connectivity index (χ0n) is 31.3. The summed E-state index contributed by atoms with van der Waals surface area (Å²) in [5.74, 6) is 0. The highest BCUT2D eigenvalue weighted by molar-refractivity contribution is 6.14. The van der Waals surface area contributed by atoms with E-state index in [2.05, 4.69) is 187 Å². The van der Waals surface area contributed by atoms with Gasteiger partial charge in [-0.3, -0.25) is 0 Å². The van der Waals surface area contributed by atoms with E-state index in [0.29, 0.717) is 0 Å². The second-order valence-corrected chi connectivity index (χ2v) is 15.0. The fourth-order valence-corrected chi connectivity index (χ4v) is 8.72. The summed E-state index contributed by atoms with van der Waals surface area (Å²) in [6.45, 7) is 0. The fourth-order valence-electron chi connectivity index (χ4n) is 8.72. The van der Waals surface area contributed by atoms with Crippen LogP contribution in [0.4, 0.5) is 0 Å². The molecule has 58 heavy (non-hydrogen) atoms. The zero-order chi connectivity index (χ0) is 38.2. The van der Waals surface area contributed by atoms with E-state index in [0.717, 1.165) is 83.0 Å². The Morgan fingerprint density at radius 2 is 0.862 bits per heavy atom. The van der Waals surface area contributed by atoms with E-state index in [1.165, 1.54) is 33.0 Å². The van der Waals surface area contributed by atoms with Crippen LogP contribution in [0.2, 0.25) is 0 Å². The normalized spacial score (nSPS) is 11.8. The first-order valence-corrected chi connectivity index (χ1v) is 19.6. The molecule has 0 fully saturated rings. The number of rotatable bonds is 5. The van der Waals surface area contributed by atoms with E-state index in [9.17, 15) is 0 Å². The second kappa shape index (κ2) is 12.9. The predicted molar refractivity (Wildman–Crippen MR) is 240 cm³/mol. The van der Waals surface area contributed by atoms with E-state index in [4.69, 9.17) is 14.4 Å². The lowest BCUT2D eigenvalue weighted by molar-refractivity contribution is 0.666. The molecule has 0 spiro atoms. The summed E-state index contributed by atoms with van der Waals surface area (Å²) in [5.41, 5.74) is 15.4. The molecule has 4 heteroatoms. The summed E-state index contributed by atoms with van der Waals surface area (Å²) in [6.07, 6.45) is 0. The van der Waals surface area contributed by atoms with Gasteiger partial charge in [0.2, 0.25) is 0 Å². The number of fused-ring (bicyclic) bond motifs is 9. The highest BCUT2D eigenvalue weighted by atomic mass is 16.3. The van der Waals surface area contributed by atoms with Crippen molar-refractivity contribution in [1.82, 2.24) is 14.5 Å². The van der Waals surface area contributed by atoms with Gasteiger partial charge in [-0.15, -0.1) is 0 Å². The Morgan fingerprint density at radius 3 is 1.45 bits per heavy atom. The van der Waals surface area contributed by atoms with Crippen LogP contribution in [0.3, 0.4) is 0 Å². The van der Waals surface area contributed by atoms with Gasteiger partial charge in [-0.05, 0) is 76.9 Å². The van der Waals surface area contributed by atoms with E-state index in [1.807, 2.05) is 18.2 Å². The maximum Gasteiger partial charge on any atom is 0.159 e. The van der Waals surface area contributed by atoms with Gasteiger partial charge < -0.3 is 8.98 Å². The molecule has 270 valence electrons. The highest BCUT2D eigenvalue weighted by Gasteiger charge is 2.20. The Labute approximate surface area is 333 Å². The Bertz CT molecular complexity index is 3450. The molecule has 4 aromatic heterocycles. The third kappa shape index (κ3) is 5.16. The minimum atomic E-state index is 0.822. The van der Waals surface area contributed by atoms with Gasteiger partial charge in [-0.1, -0.05) is 146 Å². The van der Waals surface area contributed by atoms with Gasteiger partial charge in [0.05, 0.1) is 39.1 Å². The Hall–Kier alpha value is -7.82. The molecule has 4 heterocycles. The van der Waals surface area contributed by atoms with Crippen molar-refractivity contribution in [2.75, 3.05) is 0 Å². The van der Waals surface area contributed by atoms with Crippen molar-refractivity contribution in [2.24, 2.45) is 0 Å². The Morgan fingerprint density at radius 1 is 0.345 bits per heavy atom. The Kier molecular flexibility index (Phi) is 7.20. The molecule has 12 rings (SSSR count). The van der Waals surface area contributed by atoms with E-state index in [-0.39, 0.29) is 0 Å². The average Bonchev–Trinajstić information content (AvgIpc) is 3.84. The van der Waals surface area contributed by atoms with Crippen molar-refractivity contribution < 1.29 is 4.42 Å².